The number of nitrogens with zero attached hydrogens (tertiary/aromatic N) is 2. The van der Waals surface area contributed by atoms with Gasteiger partial charge in [-0.1, -0.05) is 0 Å². The Hall–Kier alpha value is 0.334. The quantitative estimate of drug-likeness (QED) is 0.457. The van der Waals surface area contributed by atoms with Crippen LogP contribution in [0.15, 0.2) is 0 Å². The maximum absolute atomic E-state index is 5.85. The van der Waals surface area contributed by atoms with Gasteiger partial charge >= 0.3 is 126 Å². The molecule has 4 nitrogen and oxygen atoms in total. The molecule has 4 unspecified atom stereocenters. The van der Waals surface area contributed by atoms with Gasteiger partial charge in [0, 0.05) is 0 Å². The summed E-state index contributed by atoms with van der Waals surface area (Å²) in [5.41, 5.74) is 0. The summed E-state index contributed by atoms with van der Waals surface area (Å²) in [6.45, 7) is 8.76. The molecular weight excluding hydrogens is 287 g/mol. The molecule has 120 valence electrons. The topological polar surface area (TPSA) is 24.9 Å². The van der Waals surface area contributed by atoms with Crippen molar-refractivity contribution in [3.63, 3.8) is 0 Å². The third kappa shape index (κ3) is 7.05. The van der Waals surface area contributed by atoms with Gasteiger partial charge in [0.05, 0.1) is 0 Å². The first kappa shape index (κ1) is 19.3. The third-order valence-corrected chi connectivity index (χ3v) is 4.16. The summed E-state index contributed by atoms with van der Waals surface area (Å²) >= 11 is 0.935. The van der Waals surface area contributed by atoms with E-state index in [0.717, 1.165) is 27.9 Å². The Morgan fingerprint density at radius 1 is 0.789 bits per heavy atom. The summed E-state index contributed by atoms with van der Waals surface area (Å²) < 4.78 is 11.7. The molecule has 0 fully saturated rings. The first-order valence-corrected chi connectivity index (χ1v) is 7.89. The fourth-order valence-corrected chi connectivity index (χ4v) is 2.91. The Morgan fingerprint density at radius 3 is 1.32 bits per heavy atom. The number of rotatable bonds is 10. The Morgan fingerprint density at radius 2 is 1.11 bits per heavy atom. The van der Waals surface area contributed by atoms with Crippen LogP contribution in [-0.2, 0) is 22.8 Å². The van der Waals surface area contributed by atoms with Gasteiger partial charge in [-0.2, -0.15) is 0 Å². The first-order valence-electron chi connectivity index (χ1n) is 7.09. The van der Waals surface area contributed by atoms with E-state index in [1.54, 1.807) is 0 Å². The van der Waals surface area contributed by atoms with E-state index < -0.39 is 0 Å². The summed E-state index contributed by atoms with van der Waals surface area (Å²) in [6, 6.07) is 0. The molecule has 0 saturated heterocycles. The van der Waals surface area contributed by atoms with Crippen LogP contribution in [0.25, 0.3) is 0 Å². The number of hydrogen-bond donors (Lipinski definition) is 0. The maximum atomic E-state index is 5.85. The Kier molecular flexibility index (Phi) is 10.3. The van der Waals surface area contributed by atoms with Crippen LogP contribution in [-0.4, -0.2) is 50.4 Å². The van der Waals surface area contributed by atoms with Gasteiger partial charge in [-0.25, -0.2) is 0 Å². The van der Waals surface area contributed by atoms with Crippen LogP contribution in [0.5, 0.6) is 0 Å². The van der Waals surface area contributed by atoms with Gasteiger partial charge in [0.2, 0.25) is 0 Å². The van der Waals surface area contributed by atoms with Crippen molar-refractivity contribution >= 4 is 0 Å². The molecule has 4 atom stereocenters. The van der Waals surface area contributed by atoms with Crippen LogP contribution in [0.4, 0.5) is 0 Å². The van der Waals surface area contributed by atoms with Gasteiger partial charge in [0.15, 0.2) is 0 Å². The Bertz CT molecular complexity index is 205. The van der Waals surface area contributed by atoms with Crippen LogP contribution in [0, 0.1) is 11.8 Å². The second kappa shape index (κ2) is 10.1. The van der Waals surface area contributed by atoms with Gasteiger partial charge < -0.3 is 0 Å². The molecule has 0 saturated carbocycles. The summed E-state index contributed by atoms with van der Waals surface area (Å²) in [7, 11) is 8.16. The van der Waals surface area contributed by atoms with E-state index in [1.807, 2.05) is 28.2 Å². The first-order chi connectivity index (χ1) is 8.84. The van der Waals surface area contributed by atoms with E-state index in [9.17, 15) is 0 Å². The normalized spacial score (nSPS) is 18.8. The van der Waals surface area contributed by atoms with E-state index in [0.29, 0.717) is 11.8 Å². The van der Waals surface area contributed by atoms with Crippen LogP contribution < -0.4 is 0 Å². The molecule has 0 aromatic heterocycles. The molecule has 0 aliphatic rings. The minimum absolute atomic E-state index is 0.0877. The molecule has 0 aliphatic carbocycles. The van der Waals surface area contributed by atoms with Crippen molar-refractivity contribution < 1.29 is 22.8 Å². The van der Waals surface area contributed by atoms with Gasteiger partial charge in [0.1, 0.15) is 0 Å². The van der Waals surface area contributed by atoms with Crippen LogP contribution in [0.1, 0.15) is 40.5 Å². The fourth-order valence-electron chi connectivity index (χ4n) is 1.78. The van der Waals surface area contributed by atoms with Crippen molar-refractivity contribution in [2.75, 3.05) is 28.2 Å². The summed E-state index contributed by atoms with van der Waals surface area (Å²) in [5, 5.41) is 0. The molecule has 0 spiro atoms. The molecule has 0 N–H and O–H groups in total. The van der Waals surface area contributed by atoms with Gasteiger partial charge in [0.25, 0.3) is 0 Å². The fraction of sp³-hybridized carbons (Fsp3) is 1.00. The summed E-state index contributed by atoms with van der Waals surface area (Å²) in [6.07, 6.45) is 2.36. The molecular formula is C14H32N2NiO2. The standard InChI is InChI=1S/2C7H16NO.Ni/c2*1-5-6(2)7(9)8(3)4;/h2*6-7H,5H2,1-4H3;/q2*-1;+2. The van der Waals surface area contributed by atoms with E-state index in [1.165, 1.54) is 0 Å². The SMILES string of the molecule is CCC(C)C([O][Ni][O]C(C(C)CC)N(C)C)N(C)C. The average molecular weight is 319 g/mol. The molecule has 0 radical (unpaired) electrons. The molecule has 19 heavy (non-hydrogen) atoms. The molecule has 0 amide bonds. The van der Waals surface area contributed by atoms with Crippen molar-refractivity contribution in [3.8, 4) is 0 Å². The summed E-state index contributed by atoms with van der Waals surface area (Å²) in [5.74, 6) is 0.969. The van der Waals surface area contributed by atoms with Crippen LogP contribution in [0.2, 0.25) is 0 Å². The molecule has 0 bridgehead atoms. The number of hydrogen-bond acceptors (Lipinski definition) is 4. The van der Waals surface area contributed by atoms with Crippen LogP contribution >= 0.6 is 0 Å². The van der Waals surface area contributed by atoms with Crippen molar-refractivity contribution in [3.05, 3.63) is 0 Å². The predicted molar refractivity (Wildman–Crippen MR) is 76.0 cm³/mol. The van der Waals surface area contributed by atoms with Crippen molar-refractivity contribution in [2.45, 2.75) is 53.0 Å². The van der Waals surface area contributed by atoms with Gasteiger partial charge in [-0.15, -0.1) is 0 Å². The van der Waals surface area contributed by atoms with Crippen molar-refractivity contribution in [1.29, 1.82) is 0 Å². The van der Waals surface area contributed by atoms with Crippen LogP contribution in [0.3, 0.4) is 0 Å². The van der Waals surface area contributed by atoms with Crippen molar-refractivity contribution in [2.24, 2.45) is 11.8 Å². The van der Waals surface area contributed by atoms with Gasteiger partial charge in [-0.05, 0) is 0 Å². The molecule has 0 aromatic rings. The average Bonchev–Trinajstić information content (AvgIpc) is 2.36. The van der Waals surface area contributed by atoms with E-state index in [4.69, 9.17) is 7.76 Å². The van der Waals surface area contributed by atoms with Gasteiger partial charge in [-0.3, -0.25) is 0 Å². The Balaban J connectivity index is 4.29. The zero-order valence-corrected chi connectivity index (χ0v) is 14.7. The second-order valence-corrected chi connectivity index (χ2v) is 6.31. The van der Waals surface area contributed by atoms with E-state index in [2.05, 4.69) is 37.5 Å². The van der Waals surface area contributed by atoms with Crippen molar-refractivity contribution in [1.82, 2.24) is 9.80 Å². The monoisotopic (exact) mass is 318 g/mol. The molecule has 5 heteroatoms. The van der Waals surface area contributed by atoms with E-state index in [-0.39, 0.29) is 12.5 Å². The summed E-state index contributed by atoms with van der Waals surface area (Å²) in [4.78, 5) is 4.20. The minimum atomic E-state index is 0.0877. The zero-order valence-electron chi connectivity index (χ0n) is 13.8. The zero-order chi connectivity index (χ0) is 15.0. The second-order valence-electron chi connectivity index (χ2n) is 5.68. The predicted octanol–water partition coefficient (Wildman–Crippen LogP) is 2.80. The molecule has 0 aromatic carbocycles. The molecule has 0 heterocycles. The van der Waals surface area contributed by atoms with E-state index >= 15 is 0 Å². The molecule has 0 aliphatic heterocycles. The molecule has 0 rings (SSSR count). The Labute approximate surface area is 126 Å². The third-order valence-electron chi connectivity index (χ3n) is 3.49.